The van der Waals surface area contributed by atoms with E-state index in [2.05, 4.69) is 63.1 Å². The van der Waals surface area contributed by atoms with Crippen molar-refractivity contribution in [2.24, 2.45) is 0 Å². The summed E-state index contributed by atoms with van der Waals surface area (Å²) in [5.74, 6) is -0.698. The third-order valence-corrected chi connectivity index (χ3v) is 12.2. The minimum atomic E-state index is -2.46. The second-order valence-corrected chi connectivity index (χ2v) is 15.6. The zero-order chi connectivity index (χ0) is 28.9. The Kier molecular flexibility index (Phi) is 8.81. The van der Waals surface area contributed by atoms with Crippen LogP contribution in [0.5, 0.6) is 0 Å². The van der Waals surface area contributed by atoms with E-state index in [0.29, 0.717) is 5.69 Å². The third-order valence-electron chi connectivity index (χ3n) is 8.01. The molecule has 40 heavy (non-hydrogen) atoms. The molecule has 0 heterocycles. The fourth-order valence-corrected chi connectivity index (χ4v) is 6.72. The summed E-state index contributed by atoms with van der Waals surface area (Å²) in [5, 5.41) is 2.37. The van der Waals surface area contributed by atoms with Gasteiger partial charge in [-0.2, -0.15) is 0 Å². The van der Waals surface area contributed by atoms with Gasteiger partial charge < -0.3 is 25.0 Å². The first-order chi connectivity index (χ1) is 19.0. The van der Waals surface area contributed by atoms with E-state index < -0.39 is 26.4 Å². The molecule has 1 aliphatic carbocycles. The summed E-state index contributed by atoms with van der Waals surface area (Å²) in [7, 11) is -2.46. The molecule has 0 aliphatic heterocycles. The summed E-state index contributed by atoms with van der Waals surface area (Å²) in [5.41, 5.74) is 12.2. The van der Waals surface area contributed by atoms with Crippen molar-refractivity contribution in [3.8, 4) is 11.1 Å². The largest absolute Gasteiger partial charge is 0.460 e. The number of anilines is 1. The van der Waals surface area contributed by atoms with E-state index >= 15 is 0 Å². The first-order valence-corrected chi connectivity index (χ1v) is 16.3. The number of nitrogen functional groups attached to an aromatic ring is 1. The standard InChI is InChI=1S/C32H38N2O5Si/c1-6-19-37-30(35)29(21-39-40(4,5)32(2,3)22-15-17-23(33)18-16-22)34-31(36)38-20-28-26-13-9-7-11-24(26)25-12-8-10-14-27(25)28/h6-18,28-29H,1,19-21,33H2,2-5H3,(H,34,36)/t29-/m0/s1. The summed E-state index contributed by atoms with van der Waals surface area (Å²) >= 11 is 0. The molecule has 0 aromatic heterocycles. The molecule has 0 saturated heterocycles. The molecule has 3 N–H and O–H groups in total. The SMILES string of the molecule is C=CCOC(=O)[C@H](CO[Si](C)(C)C(C)(C)c1ccc(N)cc1)NC(=O)OCC1c2ccccc2-c2ccccc21. The molecule has 7 nitrogen and oxygen atoms in total. The second kappa shape index (κ2) is 12.1. The Labute approximate surface area is 237 Å². The molecule has 1 atom stereocenters. The van der Waals surface area contributed by atoms with E-state index in [-0.39, 0.29) is 30.8 Å². The number of hydrogen-bond donors (Lipinski definition) is 2. The minimum Gasteiger partial charge on any atom is -0.460 e. The van der Waals surface area contributed by atoms with Crippen LogP contribution in [0.25, 0.3) is 11.1 Å². The van der Waals surface area contributed by atoms with Crippen molar-refractivity contribution in [2.75, 3.05) is 25.6 Å². The van der Waals surface area contributed by atoms with Crippen LogP contribution in [-0.4, -0.2) is 46.2 Å². The topological polar surface area (TPSA) is 99.9 Å². The fourth-order valence-electron chi connectivity index (χ4n) is 4.91. The first kappa shape index (κ1) is 29.1. The highest BCUT2D eigenvalue weighted by Gasteiger charge is 2.43. The summed E-state index contributed by atoms with van der Waals surface area (Å²) < 4.78 is 17.4. The average Bonchev–Trinajstić information content (AvgIpc) is 3.26. The molecule has 0 spiro atoms. The Morgan fingerprint density at radius 3 is 2.12 bits per heavy atom. The van der Waals surface area contributed by atoms with Crippen molar-refractivity contribution in [3.05, 3.63) is 102 Å². The Hall–Kier alpha value is -3.88. The van der Waals surface area contributed by atoms with Crippen LogP contribution < -0.4 is 11.1 Å². The Morgan fingerprint density at radius 1 is 0.975 bits per heavy atom. The summed E-state index contributed by atoms with van der Waals surface area (Å²) in [4.78, 5) is 25.9. The maximum absolute atomic E-state index is 13.0. The van der Waals surface area contributed by atoms with Gasteiger partial charge >= 0.3 is 12.1 Å². The van der Waals surface area contributed by atoms with Crippen molar-refractivity contribution in [1.82, 2.24) is 5.32 Å². The summed E-state index contributed by atoms with van der Waals surface area (Å²) in [6, 6.07) is 22.9. The van der Waals surface area contributed by atoms with Crippen LogP contribution >= 0.6 is 0 Å². The molecule has 3 aromatic rings. The highest BCUT2D eigenvalue weighted by molar-refractivity contribution is 6.74. The number of ether oxygens (including phenoxy) is 2. The fraction of sp³-hybridized carbons (Fsp3) is 0.312. The number of rotatable bonds is 11. The summed E-state index contributed by atoms with van der Waals surface area (Å²) in [6.45, 7) is 12.1. The van der Waals surface area contributed by atoms with Gasteiger partial charge in [-0.3, -0.25) is 0 Å². The van der Waals surface area contributed by atoms with E-state index in [9.17, 15) is 9.59 Å². The van der Waals surface area contributed by atoms with Gasteiger partial charge in [0.25, 0.3) is 0 Å². The molecule has 8 heteroatoms. The molecule has 3 aromatic carbocycles. The van der Waals surface area contributed by atoms with Crippen molar-refractivity contribution in [2.45, 2.75) is 43.9 Å². The number of nitrogens with two attached hydrogens (primary N) is 1. The number of hydrogen-bond acceptors (Lipinski definition) is 6. The predicted molar refractivity (Wildman–Crippen MR) is 160 cm³/mol. The Balaban J connectivity index is 1.44. The van der Waals surface area contributed by atoms with Gasteiger partial charge in [-0.1, -0.05) is 87.2 Å². The molecule has 210 valence electrons. The van der Waals surface area contributed by atoms with E-state index in [1.54, 1.807) is 0 Å². The van der Waals surface area contributed by atoms with Gasteiger partial charge in [-0.05, 0) is 53.0 Å². The van der Waals surface area contributed by atoms with Crippen LogP contribution in [0, 0.1) is 0 Å². The van der Waals surface area contributed by atoms with Gasteiger partial charge in [0.2, 0.25) is 0 Å². The second-order valence-electron chi connectivity index (χ2n) is 11.0. The van der Waals surface area contributed by atoms with E-state index in [0.717, 1.165) is 27.8 Å². The number of carbonyl (C=O) groups is 2. The zero-order valence-electron chi connectivity index (χ0n) is 23.6. The highest BCUT2D eigenvalue weighted by Crippen LogP contribution is 2.44. The molecule has 0 saturated carbocycles. The minimum absolute atomic E-state index is 0.0272. The lowest BCUT2D eigenvalue weighted by Crippen LogP contribution is -2.54. The molecule has 4 rings (SSSR count). The van der Waals surface area contributed by atoms with Crippen LogP contribution in [0.4, 0.5) is 10.5 Å². The Bertz CT molecular complexity index is 1320. The number of alkyl carbamates (subject to hydrolysis) is 1. The maximum Gasteiger partial charge on any atom is 0.407 e. The van der Waals surface area contributed by atoms with Gasteiger partial charge in [0, 0.05) is 16.6 Å². The molecular weight excluding hydrogens is 520 g/mol. The van der Waals surface area contributed by atoms with E-state index in [1.807, 2.05) is 48.5 Å². The maximum atomic E-state index is 13.0. The number of fused-ring (bicyclic) bond motifs is 3. The normalized spacial score (nSPS) is 13.6. The van der Waals surface area contributed by atoms with Gasteiger partial charge in [-0.25, -0.2) is 9.59 Å². The zero-order valence-corrected chi connectivity index (χ0v) is 24.6. The van der Waals surface area contributed by atoms with Gasteiger partial charge in [-0.15, -0.1) is 0 Å². The molecule has 0 unspecified atom stereocenters. The smallest absolute Gasteiger partial charge is 0.407 e. The molecule has 1 amide bonds. The molecular formula is C32H38N2O5Si. The number of benzene rings is 3. The van der Waals surface area contributed by atoms with Gasteiger partial charge in [0.15, 0.2) is 14.4 Å². The van der Waals surface area contributed by atoms with Crippen molar-refractivity contribution < 1.29 is 23.5 Å². The van der Waals surface area contributed by atoms with Crippen LogP contribution in [-0.2, 0) is 23.7 Å². The third kappa shape index (κ3) is 6.13. The molecule has 0 fully saturated rings. The monoisotopic (exact) mass is 558 g/mol. The number of esters is 1. The van der Waals surface area contributed by atoms with Crippen LogP contribution in [0.1, 0.15) is 36.5 Å². The van der Waals surface area contributed by atoms with Crippen molar-refractivity contribution >= 4 is 26.1 Å². The van der Waals surface area contributed by atoms with Gasteiger partial charge in [0.1, 0.15) is 13.2 Å². The quantitative estimate of drug-likeness (QED) is 0.131. The number of nitrogens with one attached hydrogen (secondary N) is 1. The molecule has 0 bridgehead atoms. The molecule has 0 radical (unpaired) electrons. The lowest BCUT2D eigenvalue weighted by molar-refractivity contribution is -0.145. The highest BCUT2D eigenvalue weighted by atomic mass is 28.4. The molecule has 1 aliphatic rings. The Morgan fingerprint density at radius 2 is 1.55 bits per heavy atom. The van der Waals surface area contributed by atoms with Crippen molar-refractivity contribution in [1.29, 1.82) is 0 Å². The van der Waals surface area contributed by atoms with Crippen LogP contribution in [0.3, 0.4) is 0 Å². The lowest BCUT2D eigenvalue weighted by Gasteiger charge is -2.40. The average molecular weight is 559 g/mol. The van der Waals surface area contributed by atoms with E-state index in [4.69, 9.17) is 19.6 Å². The van der Waals surface area contributed by atoms with Gasteiger partial charge in [0.05, 0.1) is 6.61 Å². The van der Waals surface area contributed by atoms with Crippen LogP contribution in [0.15, 0.2) is 85.5 Å². The number of amides is 1. The van der Waals surface area contributed by atoms with E-state index in [1.165, 1.54) is 6.08 Å². The lowest BCUT2D eigenvalue weighted by atomic mass is 9.98. The van der Waals surface area contributed by atoms with Crippen molar-refractivity contribution in [3.63, 3.8) is 0 Å². The number of carbonyl (C=O) groups excluding carboxylic acids is 2. The van der Waals surface area contributed by atoms with Crippen LogP contribution in [0.2, 0.25) is 13.1 Å². The summed E-state index contributed by atoms with van der Waals surface area (Å²) in [6.07, 6.45) is 0.773. The first-order valence-electron chi connectivity index (χ1n) is 13.4. The predicted octanol–water partition coefficient (Wildman–Crippen LogP) is 5.94.